The van der Waals surface area contributed by atoms with Gasteiger partial charge in [-0.25, -0.2) is 4.79 Å². The predicted molar refractivity (Wildman–Crippen MR) is 107 cm³/mol. The number of hydrogen-bond donors (Lipinski definition) is 1. The van der Waals surface area contributed by atoms with Gasteiger partial charge in [-0.2, -0.15) is 0 Å². The van der Waals surface area contributed by atoms with Gasteiger partial charge in [0.1, 0.15) is 6.61 Å². The lowest BCUT2D eigenvalue weighted by Crippen LogP contribution is -2.50. The molecule has 1 aromatic carbocycles. The van der Waals surface area contributed by atoms with Crippen LogP contribution in [0.25, 0.3) is 0 Å². The van der Waals surface area contributed by atoms with Crippen LogP contribution in [0.3, 0.4) is 0 Å². The molecule has 7 heteroatoms. The highest BCUT2D eigenvalue weighted by molar-refractivity contribution is 5.85. The van der Waals surface area contributed by atoms with Crippen LogP contribution in [0.4, 0.5) is 4.79 Å². The van der Waals surface area contributed by atoms with Crippen molar-refractivity contribution in [1.82, 2.24) is 15.1 Å². The van der Waals surface area contributed by atoms with E-state index in [1.807, 2.05) is 42.3 Å². The van der Waals surface area contributed by atoms with E-state index in [9.17, 15) is 9.59 Å². The second-order valence-corrected chi connectivity index (χ2v) is 7.25. The number of likely N-dealkylation sites (N-methyl/N-ethyl adjacent to an activating group) is 1. The first kappa shape index (κ1) is 21.5. The molecule has 0 bridgehead atoms. The Morgan fingerprint density at radius 2 is 1.89 bits per heavy atom. The van der Waals surface area contributed by atoms with Crippen LogP contribution in [0, 0.1) is 5.92 Å². The zero-order chi connectivity index (χ0) is 18.4. The third-order valence-electron chi connectivity index (χ3n) is 5.47. The molecule has 2 fully saturated rings. The van der Waals surface area contributed by atoms with Crippen molar-refractivity contribution in [2.45, 2.75) is 38.3 Å². The van der Waals surface area contributed by atoms with Crippen molar-refractivity contribution < 1.29 is 14.3 Å². The van der Waals surface area contributed by atoms with Crippen LogP contribution in [-0.4, -0.2) is 61.1 Å². The number of amides is 2. The number of halogens is 1. The van der Waals surface area contributed by atoms with Crippen LogP contribution in [0.2, 0.25) is 0 Å². The molecule has 2 amide bonds. The lowest BCUT2D eigenvalue weighted by molar-refractivity contribution is -0.138. The molecule has 0 spiro atoms. The summed E-state index contributed by atoms with van der Waals surface area (Å²) in [5, 5.41) is 3.36. The maximum Gasteiger partial charge on any atom is 0.410 e. The lowest BCUT2D eigenvalue weighted by atomic mass is 9.94. The van der Waals surface area contributed by atoms with E-state index < -0.39 is 0 Å². The molecule has 2 heterocycles. The highest BCUT2D eigenvalue weighted by Crippen LogP contribution is 2.22. The van der Waals surface area contributed by atoms with Crippen molar-refractivity contribution in [3.8, 4) is 0 Å². The first-order valence-corrected chi connectivity index (χ1v) is 9.58. The van der Waals surface area contributed by atoms with Gasteiger partial charge in [-0.15, -0.1) is 12.4 Å². The average molecular weight is 396 g/mol. The van der Waals surface area contributed by atoms with E-state index in [0.717, 1.165) is 31.5 Å². The van der Waals surface area contributed by atoms with Gasteiger partial charge in [0.05, 0.1) is 0 Å². The van der Waals surface area contributed by atoms with Crippen LogP contribution in [-0.2, 0) is 16.1 Å². The summed E-state index contributed by atoms with van der Waals surface area (Å²) in [6.45, 7) is 3.38. The minimum absolute atomic E-state index is 0. The van der Waals surface area contributed by atoms with Crippen molar-refractivity contribution >= 4 is 24.4 Å². The second kappa shape index (κ2) is 10.5. The van der Waals surface area contributed by atoms with Crippen LogP contribution >= 0.6 is 12.4 Å². The summed E-state index contributed by atoms with van der Waals surface area (Å²) in [5.74, 6) is 0.233. The Balaban J connectivity index is 0.00000261. The van der Waals surface area contributed by atoms with E-state index >= 15 is 0 Å². The molecule has 0 unspecified atom stereocenters. The number of carbonyl (C=O) groups is 2. The molecule has 1 N–H and O–H groups in total. The van der Waals surface area contributed by atoms with Gasteiger partial charge in [-0.1, -0.05) is 30.3 Å². The van der Waals surface area contributed by atoms with E-state index in [1.54, 1.807) is 4.90 Å². The Morgan fingerprint density at radius 1 is 1.19 bits per heavy atom. The molecule has 0 aliphatic carbocycles. The molecule has 6 nitrogen and oxygen atoms in total. The Morgan fingerprint density at radius 3 is 2.52 bits per heavy atom. The van der Waals surface area contributed by atoms with Crippen LogP contribution in [0.15, 0.2) is 30.3 Å². The molecule has 0 saturated carbocycles. The molecule has 2 aliphatic rings. The maximum absolute atomic E-state index is 12.7. The number of nitrogens with one attached hydrogen (secondary N) is 1. The fourth-order valence-corrected chi connectivity index (χ4v) is 3.75. The van der Waals surface area contributed by atoms with Crippen LogP contribution in [0.1, 0.15) is 31.2 Å². The molecule has 0 aromatic heterocycles. The summed E-state index contributed by atoms with van der Waals surface area (Å²) < 4.78 is 5.39. The Bertz CT molecular complexity index is 600. The van der Waals surface area contributed by atoms with Crippen LogP contribution < -0.4 is 5.32 Å². The lowest BCUT2D eigenvalue weighted by Gasteiger charge is -2.37. The van der Waals surface area contributed by atoms with Crippen LogP contribution in [0.5, 0.6) is 0 Å². The third-order valence-corrected chi connectivity index (χ3v) is 5.47. The Labute approximate surface area is 167 Å². The van der Waals surface area contributed by atoms with Gasteiger partial charge in [-0.05, 0) is 37.8 Å². The van der Waals surface area contributed by atoms with Crippen molar-refractivity contribution in [3.63, 3.8) is 0 Å². The number of hydrogen-bond acceptors (Lipinski definition) is 4. The smallest absolute Gasteiger partial charge is 0.410 e. The van der Waals surface area contributed by atoms with Gasteiger partial charge in [-0.3, -0.25) is 4.79 Å². The van der Waals surface area contributed by atoms with Crippen molar-refractivity contribution in [3.05, 3.63) is 35.9 Å². The summed E-state index contributed by atoms with van der Waals surface area (Å²) in [7, 11) is 1.92. The molecular formula is C20H30ClN3O3. The van der Waals surface area contributed by atoms with E-state index in [1.165, 1.54) is 0 Å². The third kappa shape index (κ3) is 5.84. The highest BCUT2D eigenvalue weighted by atomic mass is 35.5. The van der Waals surface area contributed by atoms with Crippen molar-refractivity contribution in [2.75, 3.05) is 33.2 Å². The monoisotopic (exact) mass is 395 g/mol. The fraction of sp³-hybridized carbons (Fsp3) is 0.600. The topological polar surface area (TPSA) is 61.9 Å². The van der Waals surface area contributed by atoms with E-state index in [-0.39, 0.29) is 36.9 Å². The summed E-state index contributed by atoms with van der Waals surface area (Å²) in [6, 6.07) is 9.97. The standard InChI is InChI=1S/C20H29N3O3.ClH/c1-22(18-8-5-11-21-14-18)19(24)17-9-12-23(13-10-17)20(25)26-15-16-6-3-2-4-7-16;/h2-4,6-7,17-18,21H,5,8-15H2,1H3;1H/t18-;/m1./s1. The first-order valence-electron chi connectivity index (χ1n) is 9.58. The van der Waals surface area contributed by atoms with Gasteiger partial charge in [0.25, 0.3) is 0 Å². The van der Waals surface area contributed by atoms with Crippen molar-refractivity contribution in [1.29, 1.82) is 0 Å². The number of piperidine rings is 2. The molecule has 1 atom stereocenters. The number of rotatable bonds is 4. The zero-order valence-corrected chi connectivity index (χ0v) is 16.7. The van der Waals surface area contributed by atoms with Gasteiger partial charge >= 0.3 is 6.09 Å². The van der Waals surface area contributed by atoms with Gasteiger partial charge in [0, 0.05) is 38.6 Å². The molecule has 2 aliphatic heterocycles. The van der Waals surface area contributed by atoms with E-state index in [4.69, 9.17) is 4.74 Å². The minimum Gasteiger partial charge on any atom is -0.445 e. The number of carbonyl (C=O) groups excluding carboxylic acids is 2. The molecule has 3 rings (SSSR count). The summed E-state index contributed by atoms with van der Waals surface area (Å²) >= 11 is 0. The zero-order valence-electron chi connectivity index (χ0n) is 15.9. The number of likely N-dealkylation sites (tertiary alicyclic amines) is 1. The fourth-order valence-electron chi connectivity index (χ4n) is 3.75. The first-order chi connectivity index (χ1) is 12.6. The molecule has 0 radical (unpaired) electrons. The molecular weight excluding hydrogens is 366 g/mol. The normalized spacial score (nSPS) is 20.5. The molecule has 2 saturated heterocycles. The van der Waals surface area contributed by atoms with Crippen molar-refractivity contribution in [2.24, 2.45) is 5.92 Å². The average Bonchev–Trinajstić information content (AvgIpc) is 2.72. The number of nitrogens with zero attached hydrogens (tertiary/aromatic N) is 2. The van der Waals surface area contributed by atoms with E-state index in [0.29, 0.717) is 32.0 Å². The summed E-state index contributed by atoms with van der Waals surface area (Å²) in [6.07, 6.45) is 3.33. The number of ether oxygens (including phenoxy) is 1. The number of benzene rings is 1. The molecule has 150 valence electrons. The molecule has 1 aromatic rings. The Kier molecular flexibility index (Phi) is 8.38. The summed E-state index contributed by atoms with van der Waals surface area (Å²) in [5.41, 5.74) is 0.980. The largest absolute Gasteiger partial charge is 0.445 e. The minimum atomic E-state index is -0.287. The predicted octanol–water partition coefficient (Wildman–Crippen LogP) is 2.67. The van der Waals surface area contributed by atoms with Gasteiger partial charge < -0.3 is 19.9 Å². The SMILES string of the molecule is CN(C(=O)C1CCN(C(=O)OCc2ccccc2)CC1)[C@@H]1CCCNC1.Cl. The summed E-state index contributed by atoms with van der Waals surface area (Å²) in [4.78, 5) is 28.6. The molecule has 27 heavy (non-hydrogen) atoms. The maximum atomic E-state index is 12.7. The Hall–Kier alpha value is -1.79. The van der Waals surface area contributed by atoms with E-state index in [2.05, 4.69) is 5.32 Å². The second-order valence-electron chi connectivity index (χ2n) is 7.25. The van der Waals surface area contributed by atoms with Gasteiger partial charge in [0.15, 0.2) is 0 Å². The van der Waals surface area contributed by atoms with Gasteiger partial charge in [0.2, 0.25) is 5.91 Å². The highest BCUT2D eigenvalue weighted by Gasteiger charge is 2.32. The quantitative estimate of drug-likeness (QED) is 0.851.